The first-order valence-corrected chi connectivity index (χ1v) is 6.83. The van der Waals surface area contributed by atoms with Crippen LogP contribution in [0.3, 0.4) is 0 Å². The molecular weight excluding hydrogens is 292 g/mol. The van der Waals surface area contributed by atoms with E-state index in [0.717, 1.165) is 0 Å². The van der Waals surface area contributed by atoms with Crippen LogP contribution in [-0.2, 0) is 0 Å². The van der Waals surface area contributed by atoms with Crippen molar-refractivity contribution in [2.75, 3.05) is 18.4 Å². The molecule has 1 fully saturated rings. The number of non-ortho nitro benzene ring substituents is 1. The average molecular weight is 306 g/mol. The van der Waals surface area contributed by atoms with Crippen molar-refractivity contribution in [1.29, 1.82) is 0 Å². The van der Waals surface area contributed by atoms with Crippen molar-refractivity contribution < 1.29 is 19.2 Å². The topological polar surface area (TPSA) is 122 Å². The zero-order chi connectivity index (χ0) is 15.7. The van der Waals surface area contributed by atoms with Gasteiger partial charge in [-0.3, -0.25) is 10.1 Å². The summed E-state index contributed by atoms with van der Waals surface area (Å²) < 4.78 is 5.48. The van der Waals surface area contributed by atoms with E-state index in [1.54, 1.807) is 12.1 Å². The molecule has 0 saturated carbocycles. The van der Waals surface area contributed by atoms with E-state index < -0.39 is 11.0 Å². The lowest BCUT2D eigenvalue weighted by molar-refractivity contribution is -0.383. The second-order valence-corrected chi connectivity index (χ2v) is 5.09. The highest BCUT2D eigenvalue weighted by Gasteiger charge is 2.24. The number of rotatable bonds is 3. The molecule has 1 aliphatic heterocycles. The Morgan fingerprint density at radius 2 is 2.18 bits per heavy atom. The fourth-order valence-electron chi connectivity index (χ4n) is 2.53. The maximum atomic E-state index is 11.0. The van der Waals surface area contributed by atoms with Gasteiger partial charge in [0.25, 0.3) is 11.7 Å². The molecule has 116 valence electrons. The number of benzene rings is 1. The van der Waals surface area contributed by atoms with Crippen LogP contribution in [0, 0.1) is 10.1 Å². The lowest BCUT2D eigenvalue weighted by atomic mass is 10.1. The molecule has 0 spiro atoms. The lowest BCUT2D eigenvalue weighted by Crippen LogP contribution is -2.41. The number of nitro groups is 1. The standard InChI is InChI=1S/C13H14N4O5/c18-13(19)16-6-4-8(5-7-16)14-12-15-11-9(17(20)21)2-1-3-10(11)22-12/h1-3,8H,4-7H2,(H,14,15)(H,18,19). The minimum absolute atomic E-state index is 0.0303. The van der Waals surface area contributed by atoms with Crippen molar-refractivity contribution in [2.45, 2.75) is 18.9 Å². The minimum atomic E-state index is -0.920. The first kappa shape index (κ1) is 14.1. The molecular formula is C13H14N4O5. The van der Waals surface area contributed by atoms with Crippen molar-refractivity contribution in [3.63, 3.8) is 0 Å². The number of piperidine rings is 1. The molecule has 0 atom stereocenters. The van der Waals surface area contributed by atoms with E-state index in [1.165, 1.54) is 11.0 Å². The summed E-state index contributed by atoms with van der Waals surface area (Å²) in [5.74, 6) is 0. The van der Waals surface area contributed by atoms with Crippen LogP contribution in [-0.4, -0.2) is 45.1 Å². The van der Waals surface area contributed by atoms with Gasteiger partial charge in [0.05, 0.1) is 4.92 Å². The number of likely N-dealkylation sites (tertiary alicyclic amines) is 1. The van der Waals surface area contributed by atoms with Crippen LogP contribution >= 0.6 is 0 Å². The third kappa shape index (κ3) is 2.65. The van der Waals surface area contributed by atoms with Crippen LogP contribution in [0.5, 0.6) is 0 Å². The maximum Gasteiger partial charge on any atom is 0.407 e. The number of nitrogens with zero attached hydrogens (tertiary/aromatic N) is 3. The summed E-state index contributed by atoms with van der Waals surface area (Å²) in [6.45, 7) is 0.876. The van der Waals surface area contributed by atoms with Gasteiger partial charge in [0.1, 0.15) is 0 Å². The van der Waals surface area contributed by atoms with Crippen molar-refractivity contribution in [3.05, 3.63) is 28.3 Å². The van der Waals surface area contributed by atoms with Gasteiger partial charge >= 0.3 is 6.09 Å². The molecule has 2 N–H and O–H groups in total. The second kappa shape index (κ2) is 5.51. The number of hydrogen-bond donors (Lipinski definition) is 2. The largest absolute Gasteiger partial charge is 0.465 e. The van der Waals surface area contributed by atoms with E-state index in [2.05, 4.69) is 10.3 Å². The minimum Gasteiger partial charge on any atom is -0.465 e. The maximum absolute atomic E-state index is 11.0. The molecule has 1 saturated heterocycles. The summed E-state index contributed by atoms with van der Waals surface area (Å²) in [6.07, 6.45) is 0.344. The van der Waals surface area contributed by atoms with E-state index in [0.29, 0.717) is 31.5 Å². The average Bonchev–Trinajstić information content (AvgIpc) is 2.89. The predicted molar refractivity (Wildman–Crippen MR) is 76.9 cm³/mol. The van der Waals surface area contributed by atoms with Crippen LogP contribution < -0.4 is 5.32 Å². The molecule has 0 bridgehead atoms. The molecule has 3 rings (SSSR count). The number of nitrogens with one attached hydrogen (secondary N) is 1. The summed E-state index contributed by atoms with van der Waals surface area (Å²) in [5.41, 5.74) is 0.452. The molecule has 22 heavy (non-hydrogen) atoms. The van der Waals surface area contributed by atoms with Crippen molar-refractivity contribution in [3.8, 4) is 0 Å². The van der Waals surface area contributed by atoms with Gasteiger partial charge in [-0.25, -0.2) is 4.79 Å². The van der Waals surface area contributed by atoms with Crippen LogP contribution in [0.4, 0.5) is 16.5 Å². The Hall–Kier alpha value is -2.84. The molecule has 2 aromatic rings. The van der Waals surface area contributed by atoms with Gasteiger partial charge in [-0.1, -0.05) is 6.07 Å². The van der Waals surface area contributed by atoms with Crippen LogP contribution in [0.1, 0.15) is 12.8 Å². The number of amides is 1. The smallest absolute Gasteiger partial charge is 0.407 e. The van der Waals surface area contributed by atoms with E-state index in [9.17, 15) is 14.9 Å². The molecule has 0 aliphatic carbocycles. The number of carbonyl (C=O) groups is 1. The molecule has 2 heterocycles. The number of hydrogen-bond acceptors (Lipinski definition) is 6. The molecule has 9 nitrogen and oxygen atoms in total. The molecule has 0 radical (unpaired) electrons. The van der Waals surface area contributed by atoms with E-state index in [1.807, 2.05) is 0 Å². The van der Waals surface area contributed by atoms with Gasteiger partial charge in [-0.15, -0.1) is 0 Å². The summed E-state index contributed by atoms with van der Waals surface area (Å²) in [5, 5.41) is 22.9. The Kier molecular flexibility index (Phi) is 3.53. The van der Waals surface area contributed by atoms with Gasteiger partial charge in [0.2, 0.25) is 0 Å². The highest BCUT2D eigenvalue weighted by Crippen LogP contribution is 2.28. The normalized spacial score (nSPS) is 15.9. The quantitative estimate of drug-likeness (QED) is 0.659. The number of fused-ring (bicyclic) bond motifs is 1. The Bertz CT molecular complexity index is 720. The van der Waals surface area contributed by atoms with Gasteiger partial charge in [-0.2, -0.15) is 4.98 Å². The van der Waals surface area contributed by atoms with E-state index in [-0.39, 0.29) is 23.3 Å². The fraction of sp³-hybridized carbons (Fsp3) is 0.385. The van der Waals surface area contributed by atoms with Crippen molar-refractivity contribution in [2.24, 2.45) is 0 Å². The number of oxazole rings is 1. The van der Waals surface area contributed by atoms with Crippen molar-refractivity contribution >= 4 is 28.9 Å². The highest BCUT2D eigenvalue weighted by molar-refractivity contribution is 5.84. The summed E-state index contributed by atoms with van der Waals surface area (Å²) in [7, 11) is 0. The number of aromatic nitrogens is 1. The van der Waals surface area contributed by atoms with Crippen LogP contribution in [0.25, 0.3) is 11.1 Å². The Morgan fingerprint density at radius 1 is 1.45 bits per heavy atom. The Labute approximate surface area is 124 Å². The number of para-hydroxylation sites is 1. The van der Waals surface area contributed by atoms with E-state index >= 15 is 0 Å². The first-order chi connectivity index (χ1) is 10.5. The number of nitro benzene ring substituents is 1. The number of anilines is 1. The van der Waals surface area contributed by atoms with Gasteiger partial charge in [-0.05, 0) is 18.9 Å². The highest BCUT2D eigenvalue weighted by atomic mass is 16.6. The molecule has 1 amide bonds. The SMILES string of the molecule is O=C(O)N1CCC(Nc2nc3c([N+](=O)[O-])cccc3o2)CC1. The van der Waals surface area contributed by atoms with Crippen molar-refractivity contribution in [1.82, 2.24) is 9.88 Å². The Balaban J connectivity index is 1.74. The van der Waals surface area contributed by atoms with Gasteiger partial charge in [0.15, 0.2) is 11.1 Å². The Morgan fingerprint density at radius 3 is 2.82 bits per heavy atom. The summed E-state index contributed by atoms with van der Waals surface area (Å²) in [4.78, 5) is 26.8. The molecule has 1 aromatic heterocycles. The monoisotopic (exact) mass is 306 g/mol. The first-order valence-electron chi connectivity index (χ1n) is 6.83. The summed E-state index contributed by atoms with van der Waals surface area (Å²) >= 11 is 0. The lowest BCUT2D eigenvalue weighted by Gasteiger charge is -2.29. The van der Waals surface area contributed by atoms with Crippen LogP contribution in [0.15, 0.2) is 22.6 Å². The predicted octanol–water partition coefficient (Wildman–Crippen LogP) is 2.29. The van der Waals surface area contributed by atoms with Gasteiger partial charge in [0, 0.05) is 25.2 Å². The number of carboxylic acid groups (broad SMARTS) is 1. The summed E-state index contributed by atoms with van der Waals surface area (Å²) in [6, 6.07) is 4.79. The second-order valence-electron chi connectivity index (χ2n) is 5.09. The third-order valence-corrected chi connectivity index (χ3v) is 3.69. The molecule has 1 aromatic carbocycles. The van der Waals surface area contributed by atoms with Crippen LogP contribution in [0.2, 0.25) is 0 Å². The zero-order valence-electron chi connectivity index (χ0n) is 11.6. The molecule has 9 heteroatoms. The van der Waals surface area contributed by atoms with E-state index in [4.69, 9.17) is 9.52 Å². The molecule has 1 aliphatic rings. The molecule has 0 unspecified atom stereocenters. The fourth-order valence-corrected chi connectivity index (χ4v) is 2.53. The third-order valence-electron chi connectivity index (χ3n) is 3.69. The van der Waals surface area contributed by atoms with Gasteiger partial charge < -0.3 is 19.7 Å². The zero-order valence-corrected chi connectivity index (χ0v) is 11.6.